The van der Waals surface area contributed by atoms with Crippen LogP contribution in [-0.4, -0.2) is 72.3 Å². The number of benzene rings is 2. The van der Waals surface area contributed by atoms with Gasteiger partial charge in [0.25, 0.3) is 0 Å². The second-order valence-electron chi connectivity index (χ2n) is 12.5. The Morgan fingerprint density at radius 3 is 2.57 bits per heavy atom. The Hall–Kier alpha value is -3.48. The molecule has 2 N–H and O–H groups in total. The number of fused-ring (bicyclic) bond motifs is 3. The van der Waals surface area contributed by atoms with Crippen molar-refractivity contribution in [2.45, 2.75) is 50.7 Å². The monoisotopic (exact) mass is 622 g/mol. The number of nitrogens with zero attached hydrogens (tertiary/aromatic N) is 5. The third-order valence-electron chi connectivity index (χ3n) is 9.60. The molecule has 0 radical (unpaired) electrons. The second-order valence-corrected chi connectivity index (χ2v) is 14.1. The molecule has 3 fully saturated rings. The van der Waals surface area contributed by atoms with E-state index in [9.17, 15) is 12.8 Å². The number of ether oxygens (including phenoxy) is 1. The van der Waals surface area contributed by atoms with Gasteiger partial charge in [-0.1, -0.05) is 36.4 Å². The van der Waals surface area contributed by atoms with Crippen LogP contribution in [0.15, 0.2) is 42.6 Å². The van der Waals surface area contributed by atoms with Crippen LogP contribution in [0.1, 0.15) is 44.1 Å². The summed E-state index contributed by atoms with van der Waals surface area (Å²) in [5.41, 5.74) is 1.01. The standard InChI is InChI=1S/C32H36F2N6O3S/c33-16-23-9-1-7-22-8-2-10-24(26(22)23)28-27(34)29-25(17-36-28)30(39-13-3-6-21(18-39)19-44(35,41)42)38-31(37-29)43-20-32-11-4-14-40(32)15-5-12-32/h1-2,7-10,17,21H,3-6,11-16,18-20H2,(H2,35,41,42). The molecule has 0 bridgehead atoms. The summed E-state index contributed by atoms with van der Waals surface area (Å²) in [6.07, 6.45) is 7.30. The van der Waals surface area contributed by atoms with Crippen LogP contribution < -0.4 is 14.8 Å². The second kappa shape index (κ2) is 11.5. The number of halogens is 2. The fourth-order valence-electron chi connectivity index (χ4n) is 7.62. The molecule has 0 aliphatic carbocycles. The maximum absolute atomic E-state index is 16.7. The van der Waals surface area contributed by atoms with E-state index >= 15 is 4.39 Å². The Bertz CT molecular complexity index is 1820. The summed E-state index contributed by atoms with van der Waals surface area (Å²) in [6.45, 7) is 2.81. The van der Waals surface area contributed by atoms with Crippen molar-refractivity contribution in [1.29, 1.82) is 0 Å². The minimum atomic E-state index is -3.66. The first kappa shape index (κ1) is 29.2. The van der Waals surface area contributed by atoms with Crippen molar-refractivity contribution < 1.29 is 21.9 Å². The molecule has 3 saturated heterocycles. The number of pyridine rings is 1. The van der Waals surface area contributed by atoms with Crippen molar-refractivity contribution in [2.75, 3.05) is 43.4 Å². The maximum Gasteiger partial charge on any atom is 0.319 e. The summed E-state index contributed by atoms with van der Waals surface area (Å²) < 4.78 is 60.8. The highest BCUT2D eigenvalue weighted by Gasteiger charge is 2.45. The summed E-state index contributed by atoms with van der Waals surface area (Å²) in [5, 5.41) is 7.18. The molecule has 2 aromatic carbocycles. The summed E-state index contributed by atoms with van der Waals surface area (Å²) in [7, 11) is -3.66. The van der Waals surface area contributed by atoms with Crippen LogP contribution in [0.3, 0.4) is 0 Å². The lowest BCUT2D eigenvalue weighted by atomic mass is 9.95. The smallest absolute Gasteiger partial charge is 0.319 e. The number of sulfonamides is 1. The number of nitrogens with two attached hydrogens (primary N) is 1. The van der Waals surface area contributed by atoms with Gasteiger partial charge >= 0.3 is 6.01 Å². The van der Waals surface area contributed by atoms with E-state index in [1.54, 1.807) is 30.5 Å². The van der Waals surface area contributed by atoms with Gasteiger partial charge in [0.2, 0.25) is 10.0 Å². The van der Waals surface area contributed by atoms with Crippen LogP contribution in [0.4, 0.5) is 14.6 Å². The summed E-state index contributed by atoms with van der Waals surface area (Å²) in [5.74, 6) is -0.513. The third-order valence-corrected chi connectivity index (χ3v) is 10.5. The number of aromatic nitrogens is 3. The van der Waals surface area contributed by atoms with E-state index in [2.05, 4.69) is 14.9 Å². The van der Waals surface area contributed by atoms with Gasteiger partial charge in [-0.25, -0.2) is 22.3 Å². The molecule has 9 nitrogen and oxygen atoms in total. The van der Waals surface area contributed by atoms with E-state index in [-0.39, 0.29) is 34.4 Å². The molecule has 0 amide bonds. The van der Waals surface area contributed by atoms with E-state index in [0.29, 0.717) is 53.8 Å². The molecule has 5 heterocycles. The first-order valence-electron chi connectivity index (χ1n) is 15.3. The Morgan fingerprint density at radius 2 is 1.82 bits per heavy atom. The molecule has 1 unspecified atom stereocenters. The van der Waals surface area contributed by atoms with Crippen molar-refractivity contribution in [2.24, 2.45) is 11.1 Å². The van der Waals surface area contributed by atoms with Crippen LogP contribution in [0.5, 0.6) is 6.01 Å². The Morgan fingerprint density at radius 1 is 1.05 bits per heavy atom. The zero-order chi connectivity index (χ0) is 30.5. The molecule has 232 valence electrons. The topological polar surface area (TPSA) is 115 Å². The van der Waals surface area contributed by atoms with Gasteiger partial charge in [-0.15, -0.1) is 0 Å². The summed E-state index contributed by atoms with van der Waals surface area (Å²) in [4.78, 5) is 18.4. The molecule has 3 aliphatic rings. The van der Waals surface area contributed by atoms with E-state index in [0.717, 1.165) is 50.6 Å². The molecule has 1 atom stereocenters. The Labute approximate surface area is 255 Å². The van der Waals surface area contributed by atoms with Crippen LogP contribution in [-0.2, 0) is 16.7 Å². The van der Waals surface area contributed by atoms with Gasteiger partial charge in [0.15, 0.2) is 5.82 Å². The molecule has 7 rings (SSSR count). The van der Waals surface area contributed by atoms with Gasteiger partial charge in [0.05, 0.1) is 16.7 Å². The SMILES string of the molecule is NS(=O)(=O)CC1CCCN(c2nc(OCC34CCCN3CCC4)nc3c(F)c(-c4cccc5cccc(CF)c45)ncc23)C1. The number of alkyl halides is 1. The lowest BCUT2D eigenvalue weighted by Gasteiger charge is -2.34. The predicted octanol–water partition coefficient (Wildman–Crippen LogP) is 4.97. The molecular formula is C32H36F2N6O3S. The normalized spacial score (nSPS) is 20.4. The van der Waals surface area contributed by atoms with Crippen LogP contribution in [0, 0.1) is 11.7 Å². The highest BCUT2D eigenvalue weighted by Crippen LogP contribution is 2.40. The van der Waals surface area contributed by atoms with Crippen LogP contribution >= 0.6 is 0 Å². The van der Waals surface area contributed by atoms with Gasteiger partial charge in [-0.2, -0.15) is 9.97 Å². The average Bonchev–Trinajstić information content (AvgIpc) is 3.59. The van der Waals surface area contributed by atoms with E-state index < -0.39 is 22.5 Å². The van der Waals surface area contributed by atoms with E-state index in [4.69, 9.17) is 14.9 Å². The Balaban J connectivity index is 1.34. The number of hydrogen-bond donors (Lipinski definition) is 1. The molecule has 4 aromatic rings. The highest BCUT2D eigenvalue weighted by atomic mass is 32.2. The largest absolute Gasteiger partial charge is 0.461 e. The van der Waals surface area contributed by atoms with Gasteiger partial charge in [-0.05, 0) is 73.9 Å². The van der Waals surface area contributed by atoms with Crippen LogP contribution in [0.2, 0.25) is 0 Å². The van der Waals surface area contributed by atoms with Crippen molar-refractivity contribution >= 4 is 37.5 Å². The maximum atomic E-state index is 16.7. The zero-order valence-electron chi connectivity index (χ0n) is 24.5. The molecule has 12 heteroatoms. The highest BCUT2D eigenvalue weighted by molar-refractivity contribution is 7.89. The average molecular weight is 623 g/mol. The molecular weight excluding hydrogens is 586 g/mol. The number of hydrogen-bond acceptors (Lipinski definition) is 8. The number of rotatable bonds is 8. The molecule has 2 aromatic heterocycles. The number of primary sulfonamides is 1. The molecule has 0 spiro atoms. The van der Waals surface area contributed by atoms with Crippen molar-refractivity contribution in [3.63, 3.8) is 0 Å². The lowest BCUT2D eigenvalue weighted by Crippen LogP contribution is -2.43. The summed E-state index contributed by atoms with van der Waals surface area (Å²) >= 11 is 0. The van der Waals surface area contributed by atoms with Gasteiger partial charge in [0.1, 0.15) is 30.3 Å². The van der Waals surface area contributed by atoms with Gasteiger partial charge in [0, 0.05) is 24.8 Å². The molecule has 44 heavy (non-hydrogen) atoms. The van der Waals surface area contributed by atoms with Crippen molar-refractivity contribution in [1.82, 2.24) is 19.9 Å². The minimum absolute atomic E-state index is 0.0577. The first-order valence-corrected chi connectivity index (χ1v) is 17.0. The quantitative estimate of drug-likeness (QED) is 0.293. The minimum Gasteiger partial charge on any atom is -0.461 e. The fourth-order valence-corrected chi connectivity index (χ4v) is 8.55. The lowest BCUT2D eigenvalue weighted by molar-refractivity contribution is 0.108. The predicted molar refractivity (Wildman–Crippen MR) is 166 cm³/mol. The third kappa shape index (κ3) is 5.37. The van der Waals surface area contributed by atoms with Gasteiger partial charge in [-0.3, -0.25) is 9.88 Å². The van der Waals surface area contributed by atoms with Crippen molar-refractivity contribution in [3.8, 4) is 17.3 Å². The van der Waals surface area contributed by atoms with E-state index in [1.165, 1.54) is 0 Å². The molecule has 0 saturated carbocycles. The van der Waals surface area contributed by atoms with Gasteiger partial charge < -0.3 is 9.64 Å². The first-order chi connectivity index (χ1) is 21.2. The fraction of sp³-hybridized carbons (Fsp3) is 0.469. The molecule has 3 aliphatic heterocycles. The van der Waals surface area contributed by atoms with Crippen molar-refractivity contribution in [3.05, 3.63) is 54.0 Å². The van der Waals surface area contributed by atoms with Crippen LogP contribution in [0.25, 0.3) is 32.9 Å². The number of anilines is 1. The summed E-state index contributed by atoms with van der Waals surface area (Å²) in [6, 6.07) is 10.8. The zero-order valence-corrected chi connectivity index (χ0v) is 25.3. The Kier molecular flexibility index (Phi) is 7.62. The van der Waals surface area contributed by atoms with E-state index in [1.807, 2.05) is 17.0 Å². The number of piperidine rings is 1.